The van der Waals surface area contributed by atoms with Crippen molar-refractivity contribution in [1.29, 1.82) is 0 Å². The largest absolute Gasteiger partial charge is 0.314 e. The number of hydrogen-bond acceptors (Lipinski definition) is 1. The van der Waals surface area contributed by atoms with Crippen molar-refractivity contribution in [2.75, 3.05) is 6.54 Å². The molecule has 0 radical (unpaired) electrons. The zero-order chi connectivity index (χ0) is 12.1. The smallest absolute Gasteiger partial charge is 0.0124 e. The minimum Gasteiger partial charge on any atom is -0.314 e. The van der Waals surface area contributed by atoms with E-state index in [-0.39, 0.29) is 0 Å². The number of nitrogens with one attached hydrogen (secondary N) is 1. The topological polar surface area (TPSA) is 12.0 Å². The SMILES string of the molecule is CCNC(C1CCCCCC1)C1CCC(C)C1. The van der Waals surface area contributed by atoms with Crippen LogP contribution < -0.4 is 5.32 Å². The molecule has 0 bridgehead atoms. The van der Waals surface area contributed by atoms with Gasteiger partial charge in [-0.1, -0.05) is 46.0 Å². The molecule has 1 N–H and O–H groups in total. The predicted octanol–water partition coefficient (Wildman–Crippen LogP) is 4.37. The highest BCUT2D eigenvalue weighted by Crippen LogP contribution is 2.38. The lowest BCUT2D eigenvalue weighted by atomic mass is 9.82. The minimum atomic E-state index is 0.836. The highest BCUT2D eigenvalue weighted by Gasteiger charge is 2.33. The fraction of sp³-hybridized carbons (Fsp3) is 1.00. The summed E-state index contributed by atoms with van der Waals surface area (Å²) in [4.78, 5) is 0. The van der Waals surface area contributed by atoms with E-state index in [2.05, 4.69) is 19.2 Å². The summed E-state index contributed by atoms with van der Waals surface area (Å²) in [5.74, 6) is 2.94. The molecule has 0 aromatic heterocycles. The Morgan fingerprint density at radius 1 is 0.941 bits per heavy atom. The highest BCUT2D eigenvalue weighted by atomic mass is 14.9. The van der Waals surface area contributed by atoms with Crippen LogP contribution in [0.3, 0.4) is 0 Å². The van der Waals surface area contributed by atoms with Crippen molar-refractivity contribution in [1.82, 2.24) is 5.32 Å². The van der Waals surface area contributed by atoms with Crippen LogP contribution in [-0.2, 0) is 0 Å². The van der Waals surface area contributed by atoms with Gasteiger partial charge < -0.3 is 5.32 Å². The molecule has 0 aromatic rings. The Bertz CT molecular complexity index is 206. The minimum absolute atomic E-state index is 0.836. The van der Waals surface area contributed by atoms with Crippen LogP contribution >= 0.6 is 0 Å². The van der Waals surface area contributed by atoms with Crippen LogP contribution in [0.5, 0.6) is 0 Å². The van der Waals surface area contributed by atoms with E-state index in [9.17, 15) is 0 Å². The maximum Gasteiger partial charge on any atom is 0.0124 e. The van der Waals surface area contributed by atoms with Crippen LogP contribution in [0.1, 0.15) is 71.6 Å². The lowest BCUT2D eigenvalue weighted by Gasteiger charge is -2.32. The van der Waals surface area contributed by atoms with Gasteiger partial charge in [-0.3, -0.25) is 0 Å². The quantitative estimate of drug-likeness (QED) is 0.716. The monoisotopic (exact) mass is 237 g/mol. The number of rotatable bonds is 4. The maximum absolute atomic E-state index is 3.84. The third-order valence-corrected chi connectivity index (χ3v) is 5.09. The van der Waals surface area contributed by atoms with Crippen molar-refractivity contribution in [2.45, 2.75) is 77.7 Å². The van der Waals surface area contributed by atoms with Crippen molar-refractivity contribution in [3.8, 4) is 0 Å². The van der Waals surface area contributed by atoms with Gasteiger partial charge in [-0.15, -0.1) is 0 Å². The van der Waals surface area contributed by atoms with E-state index >= 15 is 0 Å². The molecule has 0 saturated heterocycles. The average molecular weight is 237 g/mol. The fourth-order valence-corrected chi connectivity index (χ4v) is 4.20. The molecule has 0 aromatic carbocycles. The molecule has 17 heavy (non-hydrogen) atoms. The Balaban J connectivity index is 1.94. The lowest BCUT2D eigenvalue weighted by Crippen LogP contribution is -2.41. The molecule has 0 heterocycles. The third kappa shape index (κ3) is 3.71. The van der Waals surface area contributed by atoms with Gasteiger partial charge in [-0.25, -0.2) is 0 Å². The number of hydrogen-bond donors (Lipinski definition) is 1. The molecule has 0 amide bonds. The lowest BCUT2D eigenvalue weighted by molar-refractivity contribution is 0.237. The second kappa shape index (κ2) is 6.78. The van der Waals surface area contributed by atoms with E-state index in [1.165, 1.54) is 57.8 Å². The van der Waals surface area contributed by atoms with E-state index in [1.807, 2.05) is 0 Å². The van der Waals surface area contributed by atoms with Crippen molar-refractivity contribution in [3.63, 3.8) is 0 Å². The molecule has 0 spiro atoms. The van der Waals surface area contributed by atoms with Gasteiger partial charge in [0.05, 0.1) is 0 Å². The first-order chi connectivity index (χ1) is 8.31. The summed E-state index contributed by atoms with van der Waals surface area (Å²) in [7, 11) is 0. The average Bonchev–Trinajstić information content (AvgIpc) is 2.60. The molecule has 3 unspecified atom stereocenters. The Morgan fingerprint density at radius 2 is 1.65 bits per heavy atom. The molecule has 0 aliphatic heterocycles. The summed E-state index contributed by atoms with van der Waals surface area (Å²) in [6.07, 6.45) is 13.3. The Labute approximate surface area is 108 Å². The fourth-order valence-electron chi connectivity index (χ4n) is 4.20. The van der Waals surface area contributed by atoms with Crippen LogP contribution in [0.4, 0.5) is 0 Å². The van der Waals surface area contributed by atoms with E-state index < -0.39 is 0 Å². The highest BCUT2D eigenvalue weighted by molar-refractivity contribution is 4.88. The van der Waals surface area contributed by atoms with Crippen LogP contribution in [0, 0.1) is 17.8 Å². The van der Waals surface area contributed by atoms with Gasteiger partial charge in [0.2, 0.25) is 0 Å². The van der Waals surface area contributed by atoms with Gasteiger partial charge in [0, 0.05) is 6.04 Å². The van der Waals surface area contributed by atoms with Gasteiger partial charge in [0.25, 0.3) is 0 Å². The standard InChI is InChI=1S/C16H31N/c1-3-17-16(15-11-10-13(2)12-15)14-8-6-4-5-7-9-14/h13-17H,3-12H2,1-2H3. The Hall–Kier alpha value is -0.0400. The third-order valence-electron chi connectivity index (χ3n) is 5.09. The summed E-state index contributed by atoms with van der Waals surface area (Å²) in [5.41, 5.74) is 0. The molecule has 1 nitrogen and oxygen atoms in total. The van der Waals surface area contributed by atoms with E-state index in [0.29, 0.717) is 0 Å². The predicted molar refractivity (Wildman–Crippen MR) is 75.2 cm³/mol. The Morgan fingerprint density at radius 3 is 2.18 bits per heavy atom. The molecule has 2 aliphatic rings. The van der Waals surface area contributed by atoms with Gasteiger partial charge in [0.15, 0.2) is 0 Å². The van der Waals surface area contributed by atoms with Crippen molar-refractivity contribution in [3.05, 3.63) is 0 Å². The molecule has 2 aliphatic carbocycles. The zero-order valence-corrected chi connectivity index (χ0v) is 11.9. The van der Waals surface area contributed by atoms with Crippen molar-refractivity contribution < 1.29 is 0 Å². The van der Waals surface area contributed by atoms with Gasteiger partial charge in [0.1, 0.15) is 0 Å². The molecule has 100 valence electrons. The zero-order valence-electron chi connectivity index (χ0n) is 11.9. The second-order valence-electron chi connectivity index (χ2n) is 6.51. The summed E-state index contributed by atoms with van der Waals surface area (Å²) in [6.45, 7) is 5.88. The van der Waals surface area contributed by atoms with Crippen LogP contribution in [0.25, 0.3) is 0 Å². The molecule has 2 rings (SSSR count). The van der Waals surface area contributed by atoms with Gasteiger partial charge in [-0.05, 0) is 50.0 Å². The van der Waals surface area contributed by atoms with Crippen molar-refractivity contribution >= 4 is 0 Å². The first-order valence-electron chi connectivity index (χ1n) is 8.04. The summed E-state index contributed by atoms with van der Waals surface area (Å²) in [6, 6.07) is 0.836. The van der Waals surface area contributed by atoms with E-state index in [0.717, 1.165) is 30.3 Å². The summed E-state index contributed by atoms with van der Waals surface area (Å²) in [5, 5.41) is 3.84. The van der Waals surface area contributed by atoms with Crippen molar-refractivity contribution in [2.24, 2.45) is 17.8 Å². The first kappa shape index (κ1) is 13.4. The molecular formula is C16H31N. The summed E-state index contributed by atoms with van der Waals surface area (Å²) >= 11 is 0. The molecule has 2 fully saturated rings. The Kier molecular flexibility index (Phi) is 5.34. The normalized spacial score (nSPS) is 33.5. The molecule has 1 heteroatoms. The molecule has 2 saturated carbocycles. The van der Waals surface area contributed by atoms with E-state index in [1.54, 1.807) is 0 Å². The summed E-state index contributed by atoms with van der Waals surface area (Å²) < 4.78 is 0. The van der Waals surface area contributed by atoms with Gasteiger partial charge in [-0.2, -0.15) is 0 Å². The molecular weight excluding hydrogens is 206 g/mol. The van der Waals surface area contributed by atoms with Gasteiger partial charge >= 0.3 is 0 Å². The molecule has 3 atom stereocenters. The maximum atomic E-state index is 3.84. The van der Waals surface area contributed by atoms with Crippen LogP contribution in [0.2, 0.25) is 0 Å². The first-order valence-corrected chi connectivity index (χ1v) is 8.04. The van der Waals surface area contributed by atoms with Crippen LogP contribution in [0.15, 0.2) is 0 Å². The second-order valence-corrected chi connectivity index (χ2v) is 6.51. The van der Waals surface area contributed by atoms with Crippen LogP contribution in [-0.4, -0.2) is 12.6 Å². The van der Waals surface area contributed by atoms with E-state index in [4.69, 9.17) is 0 Å².